The van der Waals surface area contributed by atoms with Gasteiger partial charge in [-0.05, 0) is 36.4 Å². The normalized spacial score (nSPS) is 10.5. The van der Waals surface area contributed by atoms with Gasteiger partial charge in [-0.3, -0.25) is 4.79 Å². The third-order valence-corrected chi connectivity index (χ3v) is 3.68. The molecule has 0 bridgehead atoms. The molecule has 0 saturated carbocycles. The number of ether oxygens (including phenoxy) is 1. The minimum Gasteiger partial charge on any atom is -0.482 e. The Labute approximate surface area is 152 Å². The van der Waals surface area contributed by atoms with Crippen LogP contribution in [0.1, 0.15) is 0 Å². The van der Waals surface area contributed by atoms with Crippen LogP contribution in [0.5, 0.6) is 5.75 Å². The molecule has 3 aromatic rings. The first-order chi connectivity index (χ1) is 12.0. The summed E-state index contributed by atoms with van der Waals surface area (Å²) in [7, 11) is 0. The van der Waals surface area contributed by atoms with Gasteiger partial charge in [0, 0.05) is 10.7 Å². The van der Waals surface area contributed by atoms with Gasteiger partial charge in [-0.1, -0.05) is 23.2 Å². The van der Waals surface area contributed by atoms with E-state index in [0.29, 0.717) is 15.8 Å². The Bertz CT molecular complexity index is 903. The smallest absolute Gasteiger partial charge is 0.262 e. The van der Waals surface area contributed by atoms with Crippen molar-refractivity contribution in [3.05, 3.63) is 64.9 Å². The zero-order valence-electron chi connectivity index (χ0n) is 12.6. The van der Waals surface area contributed by atoms with Crippen molar-refractivity contribution in [1.82, 2.24) is 14.8 Å². The van der Waals surface area contributed by atoms with E-state index in [1.54, 1.807) is 18.2 Å². The zero-order chi connectivity index (χ0) is 17.8. The summed E-state index contributed by atoms with van der Waals surface area (Å²) in [6.45, 7) is -0.284. The molecule has 0 saturated heterocycles. The number of carbonyl (C=O) groups is 1. The average molecular weight is 381 g/mol. The van der Waals surface area contributed by atoms with Crippen LogP contribution in [0.3, 0.4) is 0 Å². The van der Waals surface area contributed by atoms with E-state index < -0.39 is 11.7 Å². The van der Waals surface area contributed by atoms with Crippen LogP contribution in [0.4, 0.5) is 10.1 Å². The van der Waals surface area contributed by atoms with E-state index in [0.717, 1.165) is 0 Å². The molecule has 0 aliphatic carbocycles. The highest BCUT2D eigenvalue weighted by Crippen LogP contribution is 2.27. The predicted molar refractivity (Wildman–Crippen MR) is 91.9 cm³/mol. The van der Waals surface area contributed by atoms with Crippen LogP contribution in [-0.4, -0.2) is 27.3 Å². The van der Waals surface area contributed by atoms with Gasteiger partial charge in [-0.15, -0.1) is 0 Å². The van der Waals surface area contributed by atoms with Gasteiger partial charge in [-0.2, -0.15) is 5.10 Å². The van der Waals surface area contributed by atoms with Gasteiger partial charge < -0.3 is 10.1 Å². The molecule has 0 fully saturated rings. The highest BCUT2D eigenvalue weighted by molar-refractivity contribution is 6.35. The predicted octanol–water partition coefficient (Wildman–Crippen LogP) is 3.73. The van der Waals surface area contributed by atoms with Gasteiger partial charge >= 0.3 is 0 Å². The second kappa shape index (κ2) is 7.50. The lowest BCUT2D eigenvalue weighted by molar-refractivity contribution is -0.118. The number of aromatic nitrogens is 3. The van der Waals surface area contributed by atoms with Crippen molar-refractivity contribution in [3.8, 4) is 11.4 Å². The van der Waals surface area contributed by atoms with Crippen LogP contribution < -0.4 is 10.1 Å². The number of anilines is 1. The van der Waals surface area contributed by atoms with Crippen LogP contribution in [0, 0.1) is 5.82 Å². The lowest BCUT2D eigenvalue weighted by Crippen LogP contribution is -2.20. The summed E-state index contributed by atoms with van der Waals surface area (Å²) >= 11 is 11.7. The summed E-state index contributed by atoms with van der Waals surface area (Å²) in [5.41, 5.74) is 0.511. The Balaban J connectivity index is 1.62. The molecule has 2 aromatic carbocycles. The van der Waals surface area contributed by atoms with Crippen molar-refractivity contribution in [2.24, 2.45) is 0 Å². The zero-order valence-corrected chi connectivity index (χ0v) is 14.1. The Morgan fingerprint density at radius 2 is 2.08 bits per heavy atom. The summed E-state index contributed by atoms with van der Waals surface area (Å²) < 4.78 is 20.7. The largest absolute Gasteiger partial charge is 0.482 e. The third-order valence-electron chi connectivity index (χ3n) is 3.15. The first kappa shape index (κ1) is 17.2. The number of amides is 1. The minimum absolute atomic E-state index is 0.222. The molecule has 3 rings (SSSR count). The SMILES string of the molecule is O=C(COc1ccc(Cl)cc1Cl)Nc1ccc(-n2cncn2)c(F)c1. The van der Waals surface area contributed by atoms with Gasteiger partial charge in [0.05, 0.1) is 5.02 Å². The topological polar surface area (TPSA) is 69.0 Å². The van der Waals surface area contributed by atoms with E-state index >= 15 is 0 Å². The Morgan fingerprint density at radius 1 is 1.24 bits per heavy atom. The molecule has 0 unspecified atom stereocenters. The van der Waals surface area contributed by atoms with Crippen molar-refractivity contribution in [1.29, 1.82) is 0 Å². The quantitative estimate of drug-likeness (QED) is 0.731. The highest BCUT2D eigenvalue weighted by Gasteiger charge is 2.10. The van der Waals surface area contributed by atoms with Gasteiger partial charge in [0.25, 0.3) is 5.91 Å². The Hall–Kier alpha value is -2.64. The Morgan fingerprint density at radius 3 is 2.76 bits per heavy atom. The van der Waals surface area contributed by atoms with Crippen LogP contribution in [0.2, 0.25) is 10.0 Å². The van der Waals surface area contributed by atoms with Crippen LogP contribution in [0.15, 0.2) is 49.1 Å². The average Bonchev–Trinajstić information content (AvgIpc) is 3.08. The maximum absolute atomic E-state index is 14.1. The number of hydrogen-bond donors (Lipinski definition) is 1. The van der Waals surface area contributed by atoms with Crippen LogP contribution in [-0.2, 0) is 4.79 Å². The maximum atomic E-state index is 14.1. The molecule has 25 heavy (non-hydrogen) atoms. The molecule has 1 aromatic heterocycles. The van der Waals surface area contributed by atoms with E-state index in [4.69, 9.17) is 27.9 Å². The summed E-state index contributed by atoms with van der Waals surface area (Å²) in [6.07, 6.45) is 2.68. The number of carbonyl (C=O) groups excluding carboxylic acids is 1. The molecule has 1 heterocycles. The molecule has 0 spiro atoms. The number of nitrogens with one attached hydrogen (secondary N) is 1. The van der Waals surface area contributed by atoms with Gasteiger partial charge in [0.2, 0.25) is 0 Å². The summed E-state index contributed by atoms with van der Waals surface area (Å²) in [5.74, 6) is -0.683. The van der Waals surface area contributed by atoms with Gasteiger partial charge in [0.1, 0.15) is 24.1 Å². The van der Waals surface area contributed by atoms with E-state index in [2.05, 4.69) is 15.4 Å². The first-order valence-corrected chi connectivity index (χ1v) is 7.81. The van der Waals surface area contributed by atoms with Crippen molar-refractivity contribution in [3.63, 3.8) is 0 Å². The lowest BCUT2D eigenvalue weighted by atomic mass is 10.2. The molecule has 0 aliphatic rings. The van der Waals surface area contributed by atoms with Crippen molar-refractivity contribution in [2.75, 3.05) is 11.9 Å². The molecular weight excluding hydrogens is 370 g/mol. The number of benzene rings is 2. The maximum Gasteiger partial charge on any atom is 0.262 e. The second-order valence-corrected chi connectivity index (χ2v) is 5.76. The number of hydrogen-bond acceptors (Lipinski definition) is 4. The van der Waals surface area contributed by atoms with Crippen molar-refractivity contribution in [2.45, 2.75) is 0 Å². The lowest BCUT2D eigenvalue weighted by Gasteiger charge is -2.10. The monoisotopic (exact) mass is 380 g/mol. The minimum atomic E-state index is -0.551. The first-order valence-electron chi connectivity index (χ1n) is 7.05. The summed E-state index contributed by atoms with van der Waals surface area (Å²) in [6, 6.07) is 8.88. The Kier molecular flexibility index (Phi) is 5.16. The van der Waals surface area contributed by atoms with E-state index in [1.165, 1.54) is 35.5 Å². The van der Waals surface area contributed by atoms with Crippen molar-refractivity contribution < 1.29 is 13.9 Å². The third kappa shape index (κ3) is 4.26. The second-order valence-electron chi connectivity index (χ2n) is 4.92. The fourth-order valence-electron chi connectivity index (χ4n) is 2.04. The van der Waals surface area contributed by atoms with E-state index in [1.807, 2.05) is 0 Å². The van der Waals surface area contributed by atoms with Gasteiger partial charge in [-0.25, -0.2) is 14.1 Å². The molecule has 9 heteroatoms. The fraction of sp³-hybridized carbons (Fsp3) is 0.0625. The summed E-state index contributed by atoms with van der Waals surface area (Å²) in [5, 5.41) is 7.15. The molecule has 1 N–H and O–H groups in total. The molecule has 6 nitrogen and oxygen atoms in total. The number of halogens is 3. The molecular formula is C16H11Cl2FN4O2. The number of nitrogens with zero attached hydrogens (tertiary/aromatic N) is 3. The molecule has 0 aliphatic heterocycles. The number of rotatable bonds is 5. The van der Waals surface area contributed by atoms with Crippen LogP contribution in [0.25, 0.3) is 5.69 Å². The van der Waals surface area contributed by atoms with E-state index in [9.17, 15) is 9.18 Å². The summed E-state index contributed by atoms with van der Waals surface area (Å²) in [4.78, 5) is 15.7. The molecule has 0 atom stereocenters. The highest BCUT2D eigenvalue weighted by atomic mass is 35.5. The fourth-order valence-corrected chi connectivity index (χ4v) is 2.50. The van der Waals surface area contributed by atoms with Crippen LogP contribution >= 0.6 is 23.2 Å². The van der Waals surface area contributed by atoms with E-state index in [-0.39, 0.29) is 18.0 Å². The van der Waals surface area contributed by atoms with Gasteiger partial charge in [0.15, 0.2) is 12.4 Å². The molecule has 128 valence electrons. The van der Waals surface area contributed by atoms with Crippen molar-refractivity contribution >= 4 is 34.8 Å². The molecule has 1 amide bonds. The standard InChI is InChI=1S/C16H11Cl2FN4O2/c17-10-1-4-15(12(18)5-10)25-7-16(24)22-11-2-3-14(13(19)6-11)23-9-20-8-21-23/h1-6,8-9H,7H2,(H,22,24). The molecule has 0 radical (unpaired) electrons.